The third kappa shape index (κ3) is 8.01. The second kappa shape index (κ2) is 10.6. The number of rotatable bonds is 11. The SMILES string of the molecule is CCOP(=O)(O)CC[C@@H](O)[C@@H](O)[C@H](O)C=NOCc1ccccc1. The van der Waals surface area contributed by atoms with Gasteiger partial charge < -0.3 is 29.6 Å². The Kier molecular flexibility index (Phi) is 9.13. The summed E-state index contributed by atoms with van der Waals surface area (Å²) in [5.74, 6) is 0. The monoisotopic (exact) mass is 361 g/mol. The van der Waals surface area contributed by atoms with Crippen LogP contribution in [-0.4, -0.2) is 57.5 Å². The van der Waals surface area contributed by atoms with Crippen LogP contribution in [0.1, 0.15) is 18.9 Å². The van der Waals surface area contributed by atoms with Crippen molar-refractivity contribution in [3.63, 3.8) is 0 Å². The number of hydrogen-bond acceptors (Lipinski definition) is 7. The minimum absolute atomic E-state index is 0.0699. The zero-order chi connectivity index (χ0) is 18.0. The highest BCUT2D eigenvalue weighted by atomic mass is 31.2. The van der Waals surface area contributed by atoms with Gasteiger partial charge in [-0.3, -0.25) is 4.57 Å². The molecule has 0 fully saturated rings. The summed E-state index contributed by atoms with van der Waals surface area (Å²) in [6.07, 6.45) is -4.01. The molecule has 9 heteroatoms. The first-order valence-electron chi connectivity index (χ1n) is 7.55. The molecule has 0 aliphatic rings. The highest BCUT2D eigenvalue weighted by Crippen LogP contribution is 2.42. The van der Waals surface area contributed by atoms with Crippen LogP contribution in [0.5, 0.6) is 0 Å². The quantitative estimate of drug-likeness (QED) is 0.262. The van der Waals surface area contributed by atoms with Gasteiger partial charge in [0.1, 0.15) is 18.8 Å². The maximum Gasteiger partial charge on any atom is 0.328 e. The normalized spacial score (nSPS) is 18.0. The van der Waals surface area contributed by atoms with Crippen LogP contribution in [0.25, 0.3) is 0 Å². The molecule has 4 N–H and O–H groups in total. The van der Waals surface area contributed by atoms with Crippen molar-refractivity contribution in [2.24, 2.45) is 5.16 Å². The summed E-state index contributed by atoms with van der Waals surface area (Å²) in [4.78, 5) is 14.4. The van der Waals surface area contributed by atoms with Crippen molar-refractivity contribution < 1.29 is 34.1 Å². The zero-order valence-corrected chi connectivity index (χ0v) is 14.3. The van der Waals surface area contributed by atoms with Gasteiger partial charge in [-0.15, -0.1) is 0 Å². The molecule has 136 valence electrons. The Morgan fingerprint density at radius 3 is 2.54 bits per heavy atom. The van der Waals surface area contributed by atoms with Crippen molar-refractivity contribution in [1.29, 1.82) is 0 Å². The van der Waals surface area contributed by atoms with E-state index in [9.17, 15) is 24.8 Å². The van der Waals surface area contributed by atoms with Gasteiger partial charge in [-0.05, 0) is 18.9 Å². The van der Waals surface area contributed by atoms with Crippen LogP contribution in [0.3, 0.4) is 0 Å². The summed E-state index contributed by atoms with van der Waals surface area (Å²) in [5, 5.41) is 32.8. The van der Waals surface area contributed by atoms with Crippen molar-refractivity contribution in [3.8, 4) is 0 Å². The van der Waals surface area contributed by atoms with Gasteiger partial charge in [-0.1, -0.05) is 35.5 Å². The van der Waals surface area contributed by atoms with Crippen molar-refractivity contribution in [1.82, 2.24) is 0 Å². The molecule has 0 amide bonds. The van der Waals surface area contributed by atoms with Crippen LogP contribution in [0.15, 0.2) is 35.5 Å². The first kappa shape index (κ1) is 20.8. The minimum atomic E-state index is -3.79. The average molecular weight is 361 g/mol. The first-order valence-corrected chi connectivity index (χ1v) is 9.32. The Labute approximate surface area is 140 Å². The molecule has 24 heavy (non-hydrogen) atoms. The maximum atomic E-state index is 11.5. The van der Waals surface area contributed by atoms with Gasteiger partial charge in [-0.25, -0.2) is 0 Å². The Balaban J connectivity index is 2.35. The van der Waals surface area contributed by atoms with Crippen LogP contribution in [0.4, 0.5) is 0 Å². The lowest BCUT2D eigenvalue weighted by atomic mass is 10.1. The smallest absolute Gasteiger partial charge is 0.328 e. The van der Waals surface area contributed by atoms with Crippen molar-refractivity contribution in [3.05, 3.63) is 35.9 Å². The fourth-order valence-corrected chi connectivity index (χ4v) is 2.96. The van der Waals surface area contributed by atoms with Crippen LogP contribution < -0.4 is 0 Å². The molecule has 0 bridgehead atoms. The molecule has 1 aromatic carbocycles. The summed E-state index contributed by atoms with van der Waals surface area (Å²) in [7, 11) is -3.79. The van der Waals surface area contributed by atoms with Gasteiger partial charge in [-0.2, -0.15) is 0 Å². The molecule has 1 aromatic rings. The average Bonchev–Trinajstić information content (AvgIpc) is 2.56. The Bertz CT molecular complexity index is 540. The van der Waals surface area contributed by atoms with Gasteiger partial charge in [0.2, 0.25) is 0 Å². The van der Waals surface area contributed by atoms with Crippen LogP contribution in [0.2, 0.25) is 0 Å². The lowest BCUT2D eigenvalue weighted by Gasteiger charge is -2.21. The van der Waals surface area contributed by atoms with Crippen LogP contribution in [-0.2, 0) is 20.5 Å². The third-order valence-corrected chi connectivity index (χ3v) is 4.63. The van der Waals surface area contributed by atoms with E-state index in [-0.39, 0.29) is 25.8 Å². The fraction of sp³-hybridized carbons (Fsp3) is 0.533. The molecule has 0 aromatic heterocycles. The standard InChI is InChI=1S/C15H24NO7P/c1-2-23-24(20,21)9-8-13(17)15(19)14(18)10-16-22-11-12-6-4-3-5-7-12/h3-7,10,13-15,17-19H,2,8-9,11H2,1H3,(H,20,21)/t13-,14-,15-/m1/s1. The van der Waals surface area contributed by atoms with E-state index in [2.05, 4.69) is 9.68 Å². The molecular formula is C15H24NO7P. The molecule has 1 rings (SSSR count). The summed E-state index contributed by atoms with van der Waals surface area (Å²) < 4.78 is 16.1. The van der Waals surface area contributed by atoms with Crippen molar-refractivity contribution >= 4 is 13.8 Å². The maximum absolute atomic E-state index is 11.5. The first-order chi connectivity index (χ1) is 11.4. The molecular weight excluding hydrogens is 337 g/mol. The van der Waals surface area contributed by atoms with Gasteiger partial charge in [0.25, 0.3) is 0 Å². The zero-order valence-electron chi connectivity index (χ0n) is 13.4. The summed E-state index contributed by atoms with van der Waals surface area (Å²) in [5.41, 5.74) is 0.888. The number of hydrogen-bond donors (Lipinski definition) is 4. The topological polar surface area (TPSA) is 129 Å². The third-order valence-electron chi connectivity index (χ3n) is 3.14. The predicted molar refractivity (Wildman–Crippen MR) is 88.7 cm³/mol. The molecule has 0 spiro atoms. The van der Waals surface area contributed by atoms with E-state index in [1.54, 1.807) is 6.92 Å². The van der Waals surface area contributed by atoms with Gasteiger partial charge in [0, 0.05) is 0 Å². The molecule has 0 heterocycles. The molecule has 0 aliphatic carbocycles. The lowest BCUT2D eigenvalue weighted by Crippen LogP contribution is -2.38. The van der Waals surface area contributed by atoms with Gasteiger partial charge in [0.05, 0.1) is 25.1 Å². The van der Waals surface area contributed by atoms with E-state index in [4.69, 9.17) is 4.84 Å². The summed E-state index contributed by atoms with van der Waals surface area (Å²) in [6, 6.07) is 9.25. The molecule has 1 unspecified atom stereocenters. The van der Waals surface area contributed by atoms with E-state index in [0.29, 0.717) is 0 Å². The minimum Gasteiger partial charge on any atom is -0.391 e. The number of benzene rings is 1. The Hall–Kier alpha value is -1.28. The molecule has 0 saturated carbocycles. The second-order valence-corrected chi connectivity index (χ2v) is 7.11. The molecule has 4 atom stereocenters. The predicted octanol–water partition coefficient (Wildman–Crippen LogP) is 0.884. The van der Waals surface area contributed by atoms with E-state index in [1.807, 2.05) is 30.3 Å². The van der Waals surface area contributed by atoms with Crippen molar-refractivity contribution in [2.45, 2.75) is 38.3 Å². The van der Waals surface area contributed by atoms with E-state index < -0.39 is 25.9 Å². The largest absolute Gasteiger partial charge is 0.391 e. The van der Waals surface area contributed by atoms with Gasteiger partial charge in [0.15, 0.2) is 0 Å². The molecule has 0 saturated heterocycles. The fourth-order valence-electron chi connectivity index (χ4n) is 1.84. The van der Waals surface area contributed by atoms with Crippen molar-refractivity contribution in [2.75, 3.05) is 12.8 Å². The van der Waals surface area contributed by atoms with E-state index >= 15 is 0 Å². The van der Waals surface area contributed by atoms with Gasteiger partial charge >= 0.3 is 7.60 Å². The summed E-state index contributed by atoms with van der Waals surface area (Å²) in [6.45, 7) is 1.84. The second-order valence-electron chi connectivity index (χ2n) is 5.13. The highest BCUT2D eigenvalue weighted by Gasteiger charge is 2.27. The number of aliphatic hydroxyl groups excluding tert-OH is 3. The van der Waals surface area contributed by atoms with E-state index in [0.717, 1.165) is 11.8 Å². The number of aliphatic hydroxyl groups is 3. The number of nitrogens with zero attached hydrogens (tertiary/aromatic N) is 1. The Morgan fingerprint density at radius 1 is 1.25 bits per heavy atom. The molecule has 8 nitrogen and oxygen atoms in total. The van der Waals surface area contributed by atoms with Crippen LogP contribution >= 0.6 is 7.60 Å². The summed E-state index contributed by atoms with van der Waals surface area (Å²) >= 11 is 0. The van der Waals surface area contributed by atoms with E-state index in [1.165, 1.54) is 0 Å². The lowest BCUT2D eigenvalue weighted by molar-refractivity contribution is -0.0350. The Morgan fingerprint density at radius 2 is 1.92 bits per heavy atom. The number of oxime groups is 1. The van der Waals surface area contributed by atoms with Crippen LogP contribution in [0, 0.1) is 0 Å². The molecule has 0 aliphatic heterocycles. The molecule has 0 radical (unpaired) electrons. The highest BCUT2D eigenvalue weighted by molar-refractivity contribution is 7.52.